The van der Waals surface area contributed by atoms with Crippen LogP contribution in [0.2, 0.25) is 10.0 Å². The van der Waals surface area contributed by atoms with Crippen LogP contribution < -0.4 is 4.74 Å². The van der Waals surface area contributed by atoms with Gasteiger partial charge >= 0.3 is 0 Å². The SMILES string of the molecule is COc1nc(-c2cccc(-c3cccc(-c4ccc(C5CCCN5C)cc4)c3Cl)c2Cl)ccc1CN1CC2(CCC(=O)C2)C1. The Labute approximate surface area is 269 Å². The average molecular weight is 627 g/mol. The van der Waals surface area contributed by atoms with Crippen molar-refractivity contribution in [2.45, 2.75) is 44.7 Å². The van der Waals surface area contributed by atoms with Crippen LogP contribution in [0.5, 0.6) is 5.88 Å². The number of rotatable bonds is 7. The molecule has 1 unspecified atom stereocenters. The molecule has 2 saturated heterocycles. The molecule has 0 bridgehead atoms. The van der Waals surface area contributed by atoms with Crippen molar-refractivity contribution in [2.24, 2.45) is 5.41 Å². The summed E-state index contributed by atoms with van der Waals surface area (Å²) in [4.78, 5) is 21.5. The van der Waals surface area contributed by atoms with Gasteiger partial charge in [0.2, 0.25) is 5.88 Å². The lowest BCUT2D eigenvalue weighted by atomic mass is 9.78. The molecule has 1 saturated carbocycles. The zero-order valence-corrected chi connectivity index (χ0v) is 26.8. The summed E-state index contributed by atoms with van der Waals surface area (Å²) in [7, 11) is 3.86. The molecular weight excluding hydrogens is 589 g/mol. The number of aromatic nitrogens is 1. The second-order valence-electron chi connectivity index (χ2n) is 12.8. The first-order chi connectivity index (χ1) is 21.3. The number of carbonyl (C=O) groups is 1. The van der Waals surface area contributed by atoms with Crippen LogP contribution in [-0.2, 0) is 11.3 Å². The standard InChI is InChI=1S/C37H37Cl2N3O2/c1-41-19-5-10-33(41)25-13-11-24(12-14-25)28-6-3-7-29(34(28)38)30-8-4-9-31(35(30)39)32-16-15-26(36(40-32)44-2)21-42-22-37(23-42)18-17-27(43)20-37/h3-4,6-9,11-16,33H,5,10,17-23H2,1-2H3. The van der Waals surface area contributed by atoms with E-state index < -0.39 is 0 Å². The second kappa shape index (κ2) is 11.9. The summed E-state index contributed by atoms with van der Waals surface area (Å²) in [5.41, 5.74) is 7.97. The van der Waals surface area contributed by atoms with Crippen molar-refractivity contribution in [1.82, 2.24) is 14.8 Å². The van der Waals surface area contributed by atoms with Crippen molar-refractivity contribution in [3.63, 3.8) is 0 Å². The molecule has 3 aromatic carbocycles. The van der Waals surface area contributed by atoms with Gasteiger partial charge in [-0.1, -0.05) is 89.9 Å². The highest BCUT2D eigenvalue weighted by atomic mass is 35.5. The molecule has 7 heteroatoms. The van der Waals surface area contributed by atoms with Gasteiger partial charge in [-0.3, -0.25) is 14.6 Å². The number of methoxy groups -OCH3 is 1. The first-order valence-electron chi connectivity index (χ1n) is 15.5. The predicted octanol–water partition coefficient (Wildman–Crippen LogP) is 8.72. The Morgan fingerprint density at radius 3 is 2.23 bits per heavy atom. The van der Waals surface area contributed by atoms with Gasteiger partial charge in [0, 0.05) is 71.8 Å². The molecule has 3 aliphatic rings. The zero-order chi connectivity index (χ0) is 30.4. The fraction of sp³-hybridized carbons (Fsp3) is 0.351. The lowest BCUT2D eigenvalue weighted by Crippen LogP contribution is -2.54. The highest BCUT2D eigenvalue weighted by Gasteiger charge is 2.47. The van der Waals surface area contributed by atoms with Gasteiger partial charge in [0.1, 0.15) is 5.78 Å². The van der Waals surface area contributed by atoms with Crippen LogP contribution >= 0.6 is 23.2 Å². The molecule has 1 atom stereocenters. The summed E-state index contributed by atoms with van der Waals surface area (Å²) >= 11 is 14.2. The highest BCUT2D eigenvalue weighted by Crippen LogP contribution is 2.46. The molecule has 7 rings (SSSR count). The summed E-state index contributed by atoms with van der Waals surface area (Å²) in [6, 6.07) is 25.5. The molecule has 0 N–H and O–H groups in total. The van der Waals surface area contributed by atoms with Crippen molar-refractivity contribution in [3.05, 3.63) is 94.0 Å². The molecule has 3 heterocycles. The number of hydrogen-bond acceptors (Lipinski definition) is 5. The van der Waals surface area contributed by atoms with Gasteiger partial charge in [0.25, 0.3) is 0 Å². The molecule has 2 aliphatic heterocycles. The van der Waals surface area contributed by atoms with Gasteiger partial charge in [0.05, 0.1) is 22.8 Å². The van der Waals surface area contributed by atoms with E-state index >= 15 is 0 Å². The number of ketones is 1. The maximum absolute atomic E-state index is 11.8. The van der Waals surface area contributed by atoms with Gasteiger partial charge in [0.15, 0.2) is 0 Å². The van der Waals surface area contributed by atoms with Gasteiger partial charge < -0.3 is 4.74 Å². The summed E-state index contributed by atoms with van der Waals surface area (Å²) in [5, 5.41) is 1.28. The molecule has 3 fully saturated rings. The van der Waals surface area contributed by atoms with Crippen molar-refractivity contribution < 1.29 is 9.53 Å². The molecule has 1 aromatic heterocycles. The lowest BCUT2D eigenvalue weighted by Gasteiger charge is -2.48. The van der Waals surface area contributed by atoms with Crippen LogP contribution in [0.1, 0.15) is 49.3 Å². The van der Waals surface area contributed by atoms with Crippen molar-refractivity contribution in [3.8, 4) is 39.4 Å². The summed E-state index contributed by atoms with van der Waals surface area (Å²) < 4.78 is 5.74. The third-order valence-electron chi connectivity index (χ3n) is 9.84. The predicted molar refractivity (Wildman–Crippen MR) is 178 cm³/mol. The lowest BCUT2D eigenvalue weighted by molar-refractivity contribution is -0.119. The molecule has 226 valence electrons. The molecule has 5 nitrogen and oxygen atoms in total. The quantitative estimate of drug-likeness (QED) is 0.205. The number of Topliss-reactive ketones (excluding diaryl/α,β-unsaturated/α-hetero) is 1. The summed E-state index contributed by atoms with van der Waals surface area (Å²) in [6.07, 6.45) is 4.92. The molecule has 0 amide bonds. The van der Waals surface area contributed by atoms with E-state index in [0.29, 0.717) is 27.8 Å². The van der Waals surface area contributed by atoms with E-state index in [1.165, 1.54) is 18.4 Å². The fourth-order valence-corrected chi connectivity index (χ4v) is 8.22. The third kappa shape index (κ3) is 5.45. The normalized spacial score (nSPS) is 19.9. The van der Waals surface area contributed by atoms with Gasteiger partial charge in [-0.25, -0.2) is 4.98 Å². The van der Waals surface area contributed by atoms with E-state index in [4.69, 9.17) is 32.9 Å². The monoisotopic (exact) mass is 625 g/mol. The maximum Gasteiger partial charge on any atom is 0.218 e. The average Bonchev–Trinajstić information content (AvgIpc) is 3.63. The first kappa shape index (κ1) is 29.5. The van der Waals surface area contributed by atoms with Crippen LogP contribution in [0.15, 0.2) is 72.8 Å². The van der Waals surface area contributed by atoms with Crippen molar-refractivity contribution >= 4 is 29.0 Å². The van der Waals surface area contributed by atoms with Gasteiger partial charge in [-0.2, -0.15) is 0 Å². The Bertz CT molecular complexity index is 1710. The van der Waals surface area contributed by atoms with Gasteiger partial charge in [-0.15, -0.1) is 0 Å². The number of carbonyl (C=O) groups excluding carboxylic acids is 1. The minimum atomic E-state index is 0.195. The van der Waals surface area contributed by atoms with E-state index in [-0.39, 0.29) is 5.41 Å². The largest absolute Gasteiger partial charge is 0.481 e. The Morgan fingerprint density at radius 2 is 1.59 bits per heavy atom. The van der Waals surface area contributed by atoms with Crippen molar-refractivity contribution in [1.29, 1.82) is 0 Å². The molecule has 44 heavy (non-hydrogen) atoms. The van der Waals surface area contributed by atoms with E-state index in [0.717, 1.165) is 84.5 Å². The first-order valence-corrected chi connectivity index (χ1v) is 16.3. The van der Waals surface area contributed by atoms with E-state index in [9.17, 15) is 4.79 Å². The fourth-order valence-electron chi connectivity index (χ4n) is 7.56. The Kier molecular flexibility index (Phi) is 8.00. The number of hydrogen-bond donors (Lipinski definition) is 0. The Hall–Kier alpha value is -3.22. The number of benzene rings is 3. The molecular formula is C37H37Cl2N3O2. The van der Waals surface area contributed by atoms with Crippen molar-refractivity contribution in [2.75, 3.05) is 33.8 Å². The van der Waals surface area contributed by atoms with Crippen LogP contribution in [0.4, 0.5) is 0 Å². The molecule has 4 aromatic rings. The number of likely N-dealkylation sites (tertiary alicyclic amines) is 2. The number of nitrogens with zero attached hydrogens (tertiary/aromatic N) is 3. The number of pyridine rings is 1. The Balaban J connectivity index is 1.14. The highest BCUT2D eigenvalue weighted by molar-refractivity contribution is 6.39. The van der Waals surface area contributed by atoms with E-state index in [1.54, 1.807) is 7.11 Å². The number of halogens is 2. The smallest absolute Gasteiger partial charge is 0.218 e. The topological polar surface area (TPSA) is 45.7 Å². The second-order valence-corrected chi connectivity index (χ2v) is 13.6. The van der Waals surface area contributed by atoms with Crippen LogP contribution in [0.3, 0.4) is 0 Å². The Morgan fingerprint density at radius 1 is 0.909 bits per heavy atom. The third-order valence-corrected chi connectivity index (χ3v) is 10.7. The zero-order valence-electron chi connectivity index (χ0n) is 25.3. The molecule has 1 aliphatic carbocycles. The minimum absolute atomic E-state index is 0.195. The maximum atomic E-state index is 11.8. The minimum Gasteiger partial charge on any atom is -0.481 e. The van der Waals surface area contributed by atoms with Crippen LogP contribution in [-0.4, -0.2) is 54.4 Å². The van der Waals surface area contributed by atoms with Crippen LogP contribution in [0.25, 0.3) is 33.5 Å². The summed E-state index contributed by atoms with van der Waals surface area (Å²) in [5.74, 6) is 1.00. The van der Waals surface area contributed by atoms with Crippen LogP contribution in [0, 0.1) is 5.41 Å². The summed E-state index contributed by atoms with van der Waals surface area (Å²) in [6.45, 7) is 3.81. The van der Waals surface area contributed by atoms with Gasteiger partial charge in [-0.05, 0) is 50.0 Å². The number of ether oxygens (including phenoxy) is 1. The van der Waals surface area contributed by atoms with E-state index in [2.05, 4.69) is 53.2 Å². The van der Waals surface area contributed by atoms with E-state index in [1.807, 2.05) is 36.4 Å². The molecule has 0 radical (unpaired) electrons. The molecule has 1 spiro atoms.